The molecule has 2 N–H and O–H groups in total. The van der Waals surface area contributed by atoms with E-state index >= 15 is 0 Å². The van der Waals surface area contributed by atoms with E-state index < -0.39 is 21.0 Å². The second-order valence-electron chi connectivity index (χ2n) is 10.0. The fourth-order valence-electron chi connectivity index (χ4n) is 5.64. The molecule has 1 heterocycles. The summed E-state index contributed by atoms with van der Waals surface area (Å²) in [5, 5.41) is 16.5. The summed E-state index contributed by atoms with van der Waals surface area (Å²) in [6.07, 6.45) is 8.55. The first kappa shape index (κ1) is 23.9. The third-order valence-electron chi connectivity index (χ3n) is 7.81. The maximum atomic E-state index is 13.4. The lowest BCUT2D eigenvalue weighted by Crippen LogP contribution is -2.45. The van der Waals surface area contributed by atoms with Crippen molar-refractivity contribution < 1.29 is 17.9 Å². The summed E-state index contributed by atoms with van der Waals surface area (Å²) in [6, 6.07) is 14.1. The first-order valence-electron chi connectivity index (χ1n) is 11.9. The molecule has 1 fully saturated rings. The van der Waals surface area contributed by atoms with E-state index in [-0.39, 0.29) is 12.4 Å². The molecule has 0 amide bonds. The zero-order valence-corrected chi connectivity index (χ0v) is 20.8. The second-order valence-corrected chi connectivity index (χ2v) is 11.8. The Morgan fingerprint density at radius 2 is 1.86 bits per heavy atom. The number of aryl methyl sites for hydroxylation is 1. The number of nitrogens with one attached hydrogen (secondary N) is 1. The summed E-state index contributed by atoms with van der Waals surface area (Å²) >= 11 is 0. The number of nitrogens with zero attached hydrogens (tertiary/aromatic N) is 2. The van der Waals surface area contributed by atoms with Crippen molar-refractivity contribution in [3.05, 3.63) is 88.5 Å². The van der Waals surface area contributed by atoms with E-state index in [1.807, 2.05) is 35.1 Å². The molecule has 0 unspecified atom stereocenters. The minimum Gasteiger partial charge on any atom is -0.389 e. The third kappa shape index (κ3) is 4.46. The molecule has 8 heteroatoms. The topological polar surface area (TPSA) is 84.2 Å². The van der Waals surface area contributed by atoms with Gasteiger partial charge in [-0.2, -0.15) is 5.10 Å². The highest BCUT2D eigenvalue weighted by molar-refractivity contribution is 7.88. The highest BCUT2D eigenvalue weighted by Crippen LogP contribution is 2.56. The van der Waals surface area contributed by atoms with Crippen molar-refractivity contribution in [2.75, 3.05) is 6.26 Å². The van der Waals surface area contributed by atoms with E-state index in [1.54, 1.807) is 12.1 Å². The fourth-order valence-corrected chi connectivity index (χ4v) is 6.06. The smallest absolute Gasteiger partial charge is 0.209 e. The lowest BCUT2D eigenvalue weighted by molar-refractivity contribution is -0.0461. The first-order chi connectivity index (χ1) is 16.6. The molecular weight excluding hydrogens is 465 g/mol. The average Bonchev–Trinajstić information content (AvgIpc) is 3.33. The Morgan fingerprint density at radius 1 is 1.14 bits per heavy atom. The monoisotopic (exact) mass is 495 g/mol. The van der Waals surface area contributed by atoms with Crippen molar-refractivity contribution in [1.82, 2.24) is 14.5 Å². The van der Waals surface area contributed by atoms with Crippen molar-refractivity contribution in [3.8, 4) is 5.69 Å². The number of hydrogen-bond acceptors (Lipinski definition) is 4. The molecule has 3 aromatic rings. The SMILES string of the molecule is C[C@]12Cc3cnn(-c4ccc(F)cc4)c3C=C1CC[C@@]2(O)CCc1ccccc1CNS(C)(=O)=O. The highest BCUT2D eigenvalue weighted by atomic mass is 32.2. The lowest BCUT2D eigenvalue weighted by Gasteiger charge is -2.42. The fraction of sp³-hybridized carbons (Fsp3) is 0.370. The zero-order chi connectivity index (χ0) is 24.8. The number of sulfonamides is 1. The summed E-state index contributed by atoms with van der Waals surface area (Å²) < 4.78 is 40.9. The van der Waals surface area contributed by atoms with Crippen LogP contribution in [-0.4, -0.2) is 35.2 Å². The summed E-state index contributed by atoms with van der Waals surface area (Å²) in [5.74, 6) is -0.282. The van der Waals surface area contributed by atoms with Gasteiger partial charge in [0.15, 0.2) is 0 Å². The lowest BCUT2D eigenvalue weighted by atomic mass is 9.65. The van der Waals surface area contributed by atoms with Crippen LogP contribution in [0.25, 0.3) is 11.8 Å². The molecule has 2 atom stereocenters. The van der Waals surface area contributed by atoms with E-state index in [4.69, 9.17) is 0 Å². The number of fused-ring (bicyclic) bond motifs is 2. The highest BCUT2D eigenvalue weighted by Gasteiger charge is 2.54. The van der Waals surface area contributed by atoms with Crippen LogP contribution in [0.4, 0.5) is 4.39 Å². The summed E-state index contributed by atoms with van der Waals surface area (Å²) in [5.41, 5.74) is 4.75. The van der Waals surface area contributed by atoms with E-state index in [9.17, 15) is 17.9 Å². The molecule has 0 bridgehead atoms. The van der Waals surface area contributed by atoms with E-state index in [0.29, 0.717) is 25.7 Å². The van der Waals surface area contributed by atoms with E-state index in [2.05, 4.69) is 22.8 Å². The average molecular weight is 496 g/mol. The summed E-state index contributed by atoms with van der Waals surface area (Å²) in [4.78, 5) is 0. The van der Waals surface area contributed by atoms with Crippen molar-refractivity contribution in [2.24, 2.45) is 5.41 Å². The Morgan fingerprint density at radius 3 is 2.57 bits per heavy atom. The second kappa shape index (κ2) is 8.69. The van der Waals surface area contributed by atoms with Gasteiger partial charge in [0.25, 0.3) is 0 Å². The van der Waals surface area contributed by atoms with E-state index in [0.717, 1.165) is 40.7 Å². The molecule has 0 saturated heterocycles. The molecule has 5 rings (SSSR count). The minimum atomic E-state index is -3.29. The summed E-state index contributed by atoms with van der Waals surface area (Å²) in [7, 11) is -3.29. The van der Waals surface area contributed by atoms with Crippen LogP contribution in [-0.2, 0) is 29.4 Å². The molecule has 1 saturated carbocycles. The largest absolute Gasteiger partial charge is 0.389 e. The Labute approximate surface area is 205 Å². The zero-order valence-electron chi connectivity index (χ0n) is 20.0. The molecule has 0 aliphatic heterocycles. The predicted octanol–water partition coefficient (Wildman–Crippen LogP) is 4.16. The normalized spacial score (nSPS) is 23.6. The molecule has 2 aliphatic rings. The van der Waals surface area contributed by atoms with Crippen molar-refractivity contribution in [1.29, 1.82) is 0 Å². The van der Waals surface area contributed by atoms with Crippen LogP contribution in [0.15, 0.2) is 60.3 Å². The quantitative estimate of drug-likeness (QED) is 0.516. The van der Waals surface area contributed by atoms with Crippen LogP contribution >= 0.6 is 0 Å². The number of rotatable bonds is 7. The number of halogens is 1. The first-order valence-corrected chi connectivity index (χ1v) is 13.7. The Kier molecular flexibility index (Phi) is 5.94. The minimum absolute atomic E-state index is 0.238. The Hall–Kier alpha value is -2.81. The third-order valence-corrected chi connectivity index (χ3v) is 8.48. The Bertz CT molecular complexity index is 1400. The molecule has 184 valence electrons. The van der Waals surface area contributed by atoms with Crippen LogP contribution in [0.5, 0.6) is 0 Å². The van der Waals surface area contributed by atoms with Gasteiger partial charge in [-0.15, -0.1) is 0 Å². The van der Waals surface area contributed by atoms with Gasteiger partial charge in [0, 0.05) is 12.0 Å². The van der Waals surface area contributed by atoms with Gasteiger partial charge in [0.1, 0.15) is 5.82 Å². The standard InChI is InChI=1S/C27H30FN3O3S/c1-26-16-21-17-29-31(24-9-7-23(28)8-10-24)25(21)15-22(26)12-14-27(26,32)13-11-19-5-3-4-6-20(19)18-30-35(2,33)34/h3-10,15,17,30,32H,11-14,16,18H2,1-2H3/t26-,27-/m0/s1. The van der Waals surface area contributed by atoms with Crippen molar-refractivity contribution >= 4 is 16.1 Å². The van der Waals surface area contributed by atoms with Gasteiger partial charge in [0.05, 0.1) is 29.4 Å². The molecule has 0 spiro atoms. The van der Waals surface area contributed by atoms with E-state index in [1.165, 1.54) is 17.7 Å². The van der Waals surface area contributed by atoms with Gasteiger partial charge in [0.2, 0.25) is 10.0 Å². The maximum Gasteiger partial charge on any atom is 0.209 e. The number of benzene rings is 2. The van der Waals surface area contributed by atoms with Crippen LogP contribution in [0, 0.1) is 11.2 Å². The molecule has 35 heavy (non-hydrogen) atoms. The van der Waals surface area contributed by atoms with Crippen molar-refractivity contribution in [2.45, 2.75) is 51.2 Å². The molecule has 0 radical (unpaired) electrons. The van der Waals surface area contributed by atoms with Gasteiger partial charge >= 0.3 is 0 Å². The van der Waals surface area contributed by atoms with Gasteiger partial charge in [-0.05, 0) is 79.1 Å². The van der Waals surface area contributed by atoms with Gasteiger partial charge in [-0.3, -0.25) is 0 Å². The number of aliphatic hydroxyl groups is 1. The predicted molar refractivity (Wildman–Crippen MR) is 134 cm³/mol. The molecule has 2 aliphatic carbocycles. The van der Waals surface area contributed by atoms with Gasteiger partial charge in [-0.1, -0.05) is 36.8 Å². The van der Waals surface area contributed by atoms with Crippen LogP contribution in [0.3, 0.4) is 0 Å². The molecule has 1 aromatic heterocycles. The van der Waals surface area contributed by atoms with Crippen LogP contribution < -0.4 is 4.72 Å². The number of hydrogen-bond donors (Lipinski definition) is 2. The van der Waals surface area contributed by atoms with Crippen LogP contribution in [0.2, 0.25) is 0 Å². The van der Waals surface area contributed by atoms with Gasteiger partial charge < -0.3 is 5.11 Å². The van der Waals surface area contributed by atoms with Gasteiger partial charge in [-0.25, -0.2) is 22.2 Å². The summed E-state index contributed by atoms with van der Waals surface area (Å²) in [6.45, 7) is 2.38. The van der Waals surface area contributed by atoms with Crippen molar-refractivity contribution in [3.63, 3.8) is 0 Å². The van der Waals surface area contributed by atoms with Crippen LogP contribution in [0.1, 0.15) is 48.6 Å². The Balaban J connectivity index is 1.38. The maximum absolute atomic E-state index is 13.4. The number of aromatic nitrogens is 2. The molecule has 2 aromatic carbocycles. The molecular formula is C27H30FN3O3S. The molecule has 6 nitrogen and oxygen atoms in total.